The summed E-state index contributed by atoms with van der Waals surface area (Å²) < 4.78 is 11.7. The maximum atomic E-state index is 6.78. The number of fused-ring (bicyclic) bond motifs is 9. The number of hydrogen-bond acceptors (Lipinski definition) is 3. The first-order chi connectivity index (χ1) is 28.8. The molecule has 3 aromatic heterocycles. The van der Waals surface area contributed by atoms with Gasteiger partial charge in [-0.3, -0.25) is 0 Å². The molecule has 3 heterocycles. The lowest BCUT2D eigenvalue weighted by Crippen LogP contribution is -2.10. The number of aromatic nitrogens is 1. The Kier molecular flexibility index (Phi) is 7.40. The van der Waals surface area contributed by atoms with E-state index in [0.29, 0.717) is 0 Å². The standard InChI is InChI=1S/C54H34N2OS/c1-3-13-35(14-4-1)37-23-29-44-45-30-28-40(34-52(45)58-51(44)33-37)55(38-24-26-39(27-25-38)56-47-20-10-7-17-42(47)43-18-8-11-21-48(43)56)49-32-31-41(36-15-5-2-6-16-36)54-53(49)46-19-9-12-22-50(46)57-54/h1-34H. The summed E-state index contributed by atoms with van der Waals surface area (Å²) in [4.78, 5) is 2.41. The molecule has 0 N–H and O–H groups in total. The third kappa shape index (κ3) is 5.12. The van der Waals surface area contributed by atoms with Gasteiger partial charge in [0.15, 0.2) is 0 Å². The van der Waals surface area contributed by atoms with Crippen LogP contribution >= 0.6 is 11.3 Å². The summed E-state index contributed by atoms with van der Waals surface area (Å²) in [6, 6.07) is 74.3. The Morgan fingerprint density at radius 2 is 1.00 bits per heavy atom. The number of anilines is 3. The van der Waals surface area contributed by atoms with Crippen molar-refractivity contribution in [2.45, 2.75) is 0 Å². The first-order valence-electron chi connectivity index (χ1n) is 19.7. The van der Waals surface area contributed by atoms with E-state index in [-0.39, 0.29) is 0 Å². The highest BCUT2D eigenvalue weighted by Crippen LogP contribution is 2.48. The molecule has 0 saturated carbocycles. The van der Waals surface area contributed by atoms with E-state index >= 15 is 0 Å². The van der Waals surface area contributed by atoms with E-state index in [1.54, 1.807) is 0 Å². The Morgan fingerprint density at radius 1 is 0.414 bits per heavy atom. The fourth-order valence-electron chi connectivity index (χ4n) is 8.94. The van der Waals surface area contributed by atoms with Gasteiger partial charge in [0.1, 0.15) is 11.2 Å². The summed E-state index contributed by atoms with van der Waals surface area (Å²) in [7, 11) is 0. The molecule has 58 heavy (non-hydrogen) atoms. The smallest absolute Gasteiger partial charge is 0.145 e. The molecule has 0 spiro atoms. The van der Waals surface area contributed by atoms with E-state index in [0.717, 1.165) is 55.8 Å². The highest BCUT2D eigenvalue weighted by atomic mass is 32.1. The Labute approximate surface area is 338 Å². The number of nitrogens with zero attached hydrogens (tertiary/aromatic N) is 2. The van der Waals surface area contributed by atoms with Gasteiger partial charge in [-0.1, -0.05) is 133 Å². The molecule has 0 aliphatic heterocycles. The minimum absolute atomic E-state index is 0.873. The van der Waals surface area contributed by atoms with E-state index < -0.39 is 0 Å². The second-order valence-electron chi connectivity index (χ2n) is 14.9. The Balaban J connectivity index is 1.08. The average molecular weight is 759 g/mol. The lowest BCUT2D eigenvalue weighted by molar-refractivity contribution is 0.670. The minimum atomic E-state index is 0.873. The van der Waals surface area contributed by atoms with Crippen LogP contribution in [-0.4, -0.2) is 4.57 Å². The molecule has 12 aromatic rings. The summed E-state index contributed by atoms with van der Waals surface area (Å²) in [5.41, 5.74) is 13.2. The van der Waals surface area contributed by atoms with Crippen molar-refractivity contribution >= 4 is 92.3 Å². The second-order valence-corrected chi connectivity index (χ2v) is 16.0. The van der Waals surface area contributed by atoms with Crippen LogP contribution in [0.1, 0.15) is 0 Å². The quantitative estimate of drug-likeness (QED) is 0.168. The molecule has 12 rings (SSSR count). The van der Waals surface area contributed by atoms with Crippen molar-refractivity contribution in [2.24, 2.45) is 0 Å². The van der Waals surface area contributed by atoms with Crippen LogP contribution in [0.25, 0.3) is 91.9 Å². The minimum Gasteiger partial charge on any atom is -0.455 e. The van der Waals surface area contributed by atoms with Crippen LogP contribution in [0.15, 0.2) is 211 Å². The van der Waals surface area contributed by atoms with Gasteiger partial charge in [-0.25, -0.2) is 0 Å². The molecule has 0 unspecified atom stereocenters. The zero-order chi connectivity index (χ0) is 38.2. The summed E-state index contributed by atoms with van der Waals surface area (Å²) in [6.07, 6.45) is 0. The van der Waals surface area contributed by atoms with Crippen LogP contribution in [0.5, 0.6) is 0 Å². The van der Waals surface area contributed by atoms with Gasteiger partial charge in [-0.05, 0) is 89.5 Å². The molecule has 0 atom stereocenters. The fraction of sp³-hybridized carbons (Fsp3) is 0. The van der Waals surface area contributed by atoms with E-state index in [2.05, 4.69) is 216 Å². The zero-order valence-corrected chi connectivity index (χ0v) is 32.2. The van der Waals surface area contributed by atoms with Crippen LogP contribution < -0.4 is 4.90 Å². The van der Waals surface area contributed by atoms with Crippen LogP contribution in [-0.2, 0) is 0 Å². The third-order valence-electron chi connectivity index (χ3n) is 11.6. The molecule has 0 bridgehead atoms. The van der Waals surface area contributed by atoms with Gasteiger partial charge in [-0.2, -0.15) is 0 Å². The molecule has 0 amide bonds. The van der Waals surface area contributed by atoms with Crippen LogP contribution in [0.4, 0.5) is 17.1 Å². The van der Waals surface area contributed by atoms with Crippen molar-refractivity contribution in [1.82, 2.24) is 4.57 Å². The number of para-hydroxylation sites is 3. The van der Waals surface area contributed by atoms with Gasteiger partial charge in [0.2, 0.25) is 0 Å². The monoisotopic (exact) mass is 758 g/mol. The molecule has 0 saturated heterocycles. The predicted octanol–water partition coefficient (Wildman–Crippen LogP) is 15.9. The SMILES string of the molecule is c1ccc(-c2ccc3c(c2)sc2cc(N(c4ccc(-n5c6ccccc6c6ccccc65)cc4)c4ccc(-c5ccccc5)c5oc6ccccc6c45)ccc23)cc1. The summed E-state index contributed by atoms with van der Waals surface area (Å²) in [5, 5.41) is 7.24. The molecule has 0 radical (unpaired) electrons. The average Bonchev–Trinajstić information content (AvgIpc) is 3.97. The molecule has 0 aliphatic rings. The molecule has 272 valence electrons. The molecule has 4 heteroatoms. The van der Waals surface area contributed by atoms with Crippen LogP contribution in [0.2, 0.25) is 0 Å². The van der Waals surface area contributed by atoms with Crippen molar-refractivity contribution in [3.05, 3.63) is 206 Å². The topological polar surface area (TPSA) is 21.3 Å². The van der Waals surface area contributed by atoms with E-state index in [1.807, 2.05) is 11.3 Å². The van der Waals surface area contributed by atoms with Crippen LogP contribution in [0, 0.1) is 0 Å². The molecule has 9 aromatic carbocycles. The summed E-state index contributed by atoms with van der Waals surface area (Å²) >= 11 is 1.85. The van der Waals surface area contributed by atoms with Gasteiger partial charge in [0, 0.05) is 59.0 Å². The summed E-state index contributed by atoms with van der Waals surface area (Å²) in [5.74, 6) is 0. The Bertz CT molecular complexity index is 3450. The lowest BCUT2D eigenvalue weighted by atomic mass is 9.99. The number of thiophene rings is 1. The lowest BCUT2D eigenvalue weighted by Gasteiger charge is -2.27. The van der Waals surface area contributed by atoms with Crippen molar-refractivity contribution in [3.8, 4) is 27.9 Å². The number of benzene rings is 9. The normalized spacial score (nSPS) is 11.8. The molecule has 3 nitrogen and oxygen atoms in total. The Morgan fingerprint density at radius 3 is 1.72 bits per heavy atom. The van der Waals surface area contributed by atoms with Gasteiger partial charge in [0.25, 0.3) is 0 Å². The van der Waals surface area contributed by atoms with Crippen molar-refractivity contribution in [3.63, 3.8) is 0 Å². The zero-order valence-electron chi connectivity index (χ0n) is 31.3. The van der Waals surface area contributed by atoms with E-state index in [4.69, 9.17) is 4.42 Å². The van der Waals surface area contributed by atoms with Crippen molar-refractivity contribution in [2.75, 3.05) is 4.90 Å². The van der Waals surface area contributed by atoms with E-state index in [1.165, 1.54) is 53.1 Å². The number of rotatable bonds is 6. The molecular formula is C54H34N2OS. The fourth-order valence-corrected chi connectivity index (χ4v) is 10.1. The largest absolute Gasteiger partial charge is 0.455 e. The highest BCUT2D eigenvalue weighted by molar-refractivity contribution is 7.25. The summed E-state index contributed by atoms with van der Waals surface area (Å²) in [6.45, 7) is 0. The Hall–Kier alpha value is -7.40. The maximum absolute atomic E-state index is 6.78. The number of hydrogen-bond donors (Lipinski definition) is 0. The highest BCUT2D eigenvalue weighted by Gasteiger charge is 2.23. The maximum Gasteiger partial charge on any atom is 0.145 e. The first-order valence-corrected chi connectivity index (χ1v) is 20.5. The number of furan rings is 1. The second kappa shape index (κ2) is 13.1. The van der Waals surface area contributed by atoms with Crippen LogP contribution in [0.3, 0.4) is 0 Å². The van der Waals surface area contributed by atoms with Gasteiger partial charge in [0.05, 0.1) is 22.1 Å². The van der Waals surface area contributed by atoms with Gasteiger partial charge >= 0.3 is 0 Å². The predicted molar refractivity (Wildman–Crippen MR) is 247 cm³/mol. The van der Waals surface area contributed by atoms with Crippen molar-refractivity contribution in [1.29, 1.82) is 0 Å². The van der Waals surface area contributed by atoms with Gasteiger partial charge < -0.3 is 13.9 Å². The third-order valence-corrected chi connectivity index (χ3v) is 12.7. The van der Waals surface area contributed by atoms with Gasteiger partial charge in [-0.15, -0.1) is 11.3 Å². The molecule has 0 aliphatic carbocycles. The first kappa shape index (κ1) is 32.8. The van der Waals surface area contributed by atoms with Crippen molar-refractivity contribution < 1.29 is 4.42 Å². The molecule has 0 fully saturated rings. The molecular weight excluding hydrogens is 725 g/mol. The van der Waals surface area contributed by atoms with E-state index in [9.17, 15) is 0 Å².